The van der Waals surface area contributed by atoms with Crippen molar-refractivity contribution in [1.82, 2.24) is 0 Å². The molecule has 2 atom stereocenters. The smallest absolute Gasteiger partial charge is 0.144 e. The zero-order valence-electron chi connectivity index (χ0n) is 5.44. The molecule has 0 saturated heterocycles. The predicted octanol–water partition coefficient (Wildman–Crippen LogP) is 2.75. The first-order chi connectivity index (χ1) is 4.52. The van der Waals surface area contributed by atoms with E-state index in [-0.39, 0.29) is 0 Å². The first-order valence-electron chi connectivity index (χ1n) is 2.92. The van der Waals surface area contributed by atoms with Crippen LogP contribution in [-0.4, -0.2) is 11.0 Å². The second kappa shape index (κ2) is 2.35. The lowest BCUT2D eigenvalue weighted by Gasteiger charge is -2.22. The highest BCUT2D eigenvalue weighted by molar-refractivity contribution is 6.25. The molecule has 10 heavy (non-hydrogen) atoms. The molecule has 0 spiro atoms. The number of alkyl halides is 2. The highest BCUT2D eigenvalue weighted by Gasteiger charge is 2.30. The maximum atomic E-state index is 12.7. The van der Waals surface area contributed by atoms with Gasteiger partial charge in [0.15, 0.2) is 0 Å². The molecular weight excluding hydrogens is 158 g/mol. The number of halogens is 3. The van der Waals surface area contributed by atoms with Crippen LogP contribution in [0, 0.1) is 0 Å². The summed E-state index contributed by atoms with van der Waals surface area (Å²) < 4.78 is 25.0. The van der Waals surface area contributed by atoms with Crippen molar-refractivity contribution in [3.8, 4) is 0 Å². The van der Waals surface area contributed by atoms with Gasteiger partial charge in [0.2, 0.25) is 0 Å². The lowest BCUT2D eigenvalue weighted by Crippen LogP contribution is -2.27. The van der Waals surface area contributed by atoms with Gasteiger partial charge in [0.05, 0.1) is 4.87 Å². The lowest BCUT2D eigenvalue weighted by atomic mass is 10.00. The molecule has 0 aromatic carbocycles. The molecule has 1 aliphatic rings. The zero-order chi connectivity index (χ0) is 7.78. The molecule has 0 aromatic heterocycles. The summed E-state index contributed by atoms with van der Waals surface area (Å²) in [6.45, 7) is 1.50. The minimum Gasteiger partial charge on any atom is -0.241 e. The molecule has 56 valence electrons. The van der Waals surface area contributed by atoms with E-state index in [1.54, 1.807) is 0 Å². The fourth-order valence-corrected chi connectivity index (χ4v) is 0.819. The van der Waals surface area contributed by atoms with Gasteiger partial charge in [-0.15, -0.1) is 11.6 Å². The van der Waals surface area contributed by atoms with Gasteiger partial charge in [-0.3, -0.25) is 0 Å². The van der Waals surface area contributed by atoms with E-state index in [1.165, 1.54) is 19.1 Å². The monoisotopic (exact) mass is 164 g/mol. The van der Waals surface area contributed by atoms with Gasteiger partial charge in [0, 0.05) is 0 Å². The molecular formula is C7H7ClF2. The van der Waals surface area contributed by atoms with Gasteiger partial charge < -0.3 is 0 Å². The second-order valence-corrected chi connectivity index (χ2v) is 3.25. The molecule has 0 saturated carbocycles. The third-order valence-corrected chi connectivity index (χ3v) is 1.75. The van der Waals surface area contributed by atoms with Crippen LogP contribution in [0.15, 0.2) is 24.1 Å². The molecule has 0 bridgehead atoms. The third kappa shape index (κ3) is 1.37. The van der Waals surface area contributed by atoms with Crippen LogP contribution >= 0.6 is 11.6 Å². The third-order valence-electron chi connectivity index (χ3n) is 1.41. The van der Waals surface area contributed by atoms with E-state index in [9.17, 15) is 8.78 Å². The molecule has 1 aliphatic carbocycles. The van der Waals surface area contributed by atoms with Crippen LogP contribution in [0.25, 0.3) is 0 Å². The van der Waals surface area contributed by atoms with Gasteiger partial charge in [-0.2, -0.15) is 0 Å². The maximum Gasteiger partial charge on any atom is 0.144 e. The Morgan fingerprint density at radius 1 is 1.70 bits per heavy atom. The molecule has 0 aromatic rings. The van der Waals surface area contributed by atoms with Crippen molar-refractivity contribution in [3.63, 3.8) is 0 Å². The Labute approximate surface area is 63.2 Å². The summed E-state index contributed by atoms with van der Waals surface area (Å²) in [5.41, 5.74) is 0. The number of hydrogen-bond acceptors (Lipinski definition) is 0. The summed E-state index contributed by atoms with van der Waals surface area (Å²) in [7, 11) is 0. The summed E-state index contributed by atoms with van der Waals surface area (Å²) in [5.74, 6) is -0.564. The van der Waals surface area contributed by atoms with E-state index in [1.807, 2.05) is 0 Å². The quantitative estimate of drug-likeness (QED) is 0.483. The van der Waals surface area contributed by atoms with Crippen molar-refractivity contribution < 1.29 is 8.78 Å². The predicted molar refractivity (Wildman–Crippen MR) is 37.5 cm³/mol. The molecule has 0 radical (unpaired) electrons. The van der Waals surface area contributed by atoms with Gasteiger partial charge in [0.25, 0.3) is 0 Å². The van der Waals surface area contributed by atoms with Gasteiger partial charge in [-0.25, -0.2) is 8.78 Å². The Morgan fingerprint density at radius 3 is 2.70 bits per heavy atom. The minimum absolute atomic E-state index is 0.564. The lowest BCUT2D eigenvalue weighted by molar-refractivity contribution is 0.344. The van der Waals surface area contributed by atoms with Crippen molar-refractivity contribution in [2.45, 2.75) is 18.0 Å². The van der Waals surface area contributed by atoms with Gasteiger partial charge >= 0.3 is 0 Å². The van der Waals surface area contributed by atoms with Crippen molar-refractivity contribution in [3.05, 3.63) is 24.1 Å². The summed E-state index contributed by atoms with van der Waals surface area (Å²) in [5, 5.41) is 0. The minimum atomic E-state index is -1.43. The Hall–Kier alpha value is -0.370. The van der Waals surface area contributed by atoms with E-state index < -0.39 is 16.9 Å². The number of allylic oxidation sites excluding steroid dienone is 4. The van der Waals surface area contributed by atoms with Gasteiger partial charge in [0.1, 0.15) is 12.0 Å². The second-order valence-electron chi connectivity index (χ2n) is 2.44. The largest absolute Gasteiger partial charge is 0.241 e. The van der Waals surface area contributed by atoms with E-state index in [2.05, 4.69) is 0 Å². The highest BCUT2D eigenvalue weighted by Crippen LogP contribution is 2.29. The fourth-order valence-electron chi connectivity index (χ4n) is 0.693. The van der Waals surface area contributed by atoms with Gasteiger partial charge in [-0.1, -0.05) is 6.08 Å². The number of hydrogen-bond donors (Lipinski definition) is 0. The standard InChI is InChI=1S/C7H7ClF2/c1-7(8)3-2-5(9)4-6(7)10/h2-4,6H,1H3. The molecule has 3 heteroatoms. The molecule has 0 amide bonds. The first-order valence-corrected chi connectivity index (χ1v) is 3.30. The zero-order valence-corrected chi connectivity index (χ0v) is 6.20. The van der Waals surface area contributed by atoms with Crippen molar-refractivity contribution in [1.29, 1.82) is 0 Å². The average Bonchev–Trinajstić information content (AvgIpc) is 1.81. The summed E-state index contributed by atoms with van der Waals surface area (Å²) in [4.78, 5) is -1.07. The van der Waals surface area contributed by atoms with Crippen LogP contribution in [0.4, 0.5) is 8.78 Å². The van der Waals surface area contributed by atoms with Crippen molar-refractivity contribution in [2.75, 3.05) is 0 Å². The Kier molecular flexibility index (Phi) is 1.82. The van der Waals surface area contributed by atoms with Crippen LogP contribution in [0.1, 0.15) is 6.92 Å². The molecule has 0 heterocycles. The van der Waals surface area contributed by atoms with Crippen LogP contribution < -0.4 is 0 Å². The molecule has 1 rings (SSSR count). The highest BCUT2D eigenvalue weighted by atomic mass is 35.5. The summed E-state index contributed by atoms with van der Waals surface area (Å²) in [6.07, 6.45) is 1.92. The topological polar surface area (TPSA) is 0 Å². The van der Waals surface area contributed by atoms with E-state index >= 15 is 0 Å². The number of rotatable bonds is 0. The van der Waals surface area contributed by atoms with Crippen LogP contribution in [0.3, 0.4) is 0 Å². The van der Waals surface area contributed by atoms with Crippen LogP contribution in [-0.2, 0) is 0 Å². The first kappa shape index (κ1) is 7.73. The Morgan fingerprint density at radius 2 is 2.30 bits per heavy atom. The molecule has 0 N–H and O–H groups in total. The van der Waals surface area contributed by atoms with E-state index in [0.717, 1.165) is 6.08 Å². The molecule has 0 aliphatic heterocycles. The van der Waals surface area contributed by atoms with E-state index in [0.29, 0.717) is 0 Å². The van der Waals surface area contributed by atoms with E-state index in [4.69, 9.17) is 11.6 Å². The van der Waals surface area contributed by atoms with Gasteiger partial charge in [-0.05, 0) is 19.1 Å². The Balaban J connectivity index is 2.84. The molecule has 0 nitrogen and oxygen atoms in total. The van der Waals surface area contributed by atoms with Crippen LogP contribution in [0.2, 0.25) is 0 Å². The van der Waals surface area contributed by atoms with Crippen LogP contribution in [0.5, 0.6) is 0 Å². The molecule has 2 unspecified atom stereocenters. The van der Waals surface area contributed by atoms with Crippen molar-refractivity contribution >= 4 is 11.6 Å². The van der Waals surface area contributed by atoms with Crippen molar-refractivity contribution in [2.24, 2.45) is 0 Å². The molecule has 0 fully saturated rings. The Bertz CT molecular complexity index is 194. The maximum absolute atomic E-state index is 12.7. The SMILES string of the molecule is CC1(Cl)C=CC(F)=CC1F. The average molecular weight is 165 g/mol. The summed E-state index contributed by atoms with van der Waals surface area (Å²) in [6, 6.07) is 0. The summed E-state index contributed by atoms with van der Waals surface area (Å²) >= 11 is 5.61. The normalized spacial score (nSPS) is 39.6. The fraction of sp³-hybridized carbons (Fsp3) is 0.429.